The Balaban J connectivity index is 2.87. The molecule has 0 saturated carbocycles. The van der Waals surface area contributed by atoms with E-state index in [0.717, 1.165) is 0 Å². The predicted octanol–water partition coefficient (Wildman–Crippen LogP) is 3.57. The van der Waals surface area contributed by atoms with Crippen LogP contribution >= 0.6 is 27.5 Å². The van der Waals surface area contributed by atoms with Gasteiger partial charge in [-0.15, -0.1) is 0 Å². The minimum absolute atomic E-state index is 0.136. The highest BCUT2D eigenvalue weighted by Gasteiger charge is 2.38. The number of rotatable bonds is 5. The van der Waals surface area contributed by atoms with Crippen molar-refractivity contribution in [3.8, 4) is 0 Å². The molecule has 5 nitrogen and oxygen atoms in total. The van der Waals surface area contributed by atoms with Gasteiger partial charge in [-0.3, -0.25) is 9.59 Å². The maximum atomic E-state index is 12.0. The third-order valence-electron chi connectivity index (χ3n) is 3.37. The van der Waals surface area contributed by atoms with Crippen molar-refractivity contribution in [1.82, 2.24) is 4.98 Å². The fourth-order valence-electron chi connectivity index (χ4n) is 1.56. The number of hydrogen-bond donors (Lipinski definition) is 2. The normalized spacial score (nSPS) is 13.9. The van der Waals surface area contributed by atoms with Gasteiger partial charge in [-0.2, -0.15) is 0 Å². The lowest BCUT2D eigenvalue weighted by atomic mass is 9.76. The number of halogens is 2. The standard InChI is InChI=1S/C13H16BrClN2O3/c1-7(2)13(3,12(19)20)5-10(18)17-9-4-8(14)6-16-11(9)15/h4,6-7H,5H2,1-3H3,(H,17,18)(H,19,20). The van der Waals surface area contributed by atoms with E-state index in [0.29, 0.717) is 10.2 Å². The molecule has 0 spiro atoms. The van der Waals surface area contributed by atoms with Crippen molar-refractivity contribution in [1.29, 1.82) is 0 Å². The van der Waals surface area contributed by atoms with Crippen molar-refractivity contribution in [3.63, 3.8) is 0 Å². The third kappa shape index (κ3) is 3.93. The highest BCUT2D eigenvalue weighted by atomic mass is 79.9. The van der Waals surface area contributed by atoms with Crippen molar-refractivity contribution in [2.24, 2.45) is 11.3 Å². The SMILES string of the molecule is CC(C)C(C)(CC(=O)Nc1cc(Br)cnc1Cl)C(=O)O. The second kappa shape index (κ2) is 6.54. The Hall–Kier alpha value is -1.14. The fraction of sp³-hybridized carbons (Fsp3) is 0.462. The number of pyridine rings is 1. The van der Waals surface area contributed by atoms with E-state index in [-0.39, 0.29) is 17.5 Å². The number of nitrogens with one attached hydrogen (secondary N) is 1. The molecule has 7 heteroatoms. The Morgan fingerprint density at radius 2 is 2.15 bits per heavy atom. The highest BCUT2D eigenvalue weighted by Crippen LogP contribution is 2.32. The Morgan fingerprint density at radius 1 is 1.55 bits per heavy atom. The van der Waals surface area contributed by atoms with Gasteiger partial charge in [0.2, 0.25) is 5.91 Å². The molecule has 0 radical (unpaired) electrons. The van der Waals surface area contributed by atoms with E-state index in [1.807, 2.05) is 0 Å². The quantitative estimate of drug-likeness (QED) is 0.784. The van der Waals surface area contributed by atoms with Crippen LogP contribution in [0.1, 0.15) is 27.2 Å². The van der Waals surface area contributed by atoms with Crippen molar-refractivity contribution >= 4 is 45.1 Å². The number of hydrogen-bond acceptors (Lipinski definition) is 3. The lowest BCUT2D eigenvalue weighted by Gasteiger charge is -2.28. The fourth-order valence-corrected chi connectivity index (χ4v) is 2.05. The molecule has 0 aromatic carbocycles. The number of nitrogens with zero attached hydrogens (tertiary/aromatic N) is 1. The lowest BCUT2D eigenvalue weighted by molar-refractivity contribution is -0.153. The maximum absolute atomic E-state index is 12.0. The van der Waals surface area contributed by atoms with Crippen LogP contribution in [0.25, 0.3) is 0 Å². The van der Waals surface area contributed by atoms with E-state index in [4.69, 9.17) is 11.6 Å². The van der Waals surface area contributed by atoms with Crippen molar-refractivity contribution in [3.05, 3.63) is 21.9 Å². The van der Waals surface area contributed by atoms with Gasteiger partial charge in [0.1, 0.15) is 0 Å². The summed E-state index contributed by atoms with van der Waals surface area (Å²) in [6, 6.07) is 1.61. The number of carbonyl (C=O) groups excluding carboxylic acids is 1. The summed E-state index contributed by atoms with van der Waals surface area (Å²) in [5, 5.41) is 12.0. The predicted molar refractivity (Wildman–Crippen MR) is 80.8 cm³/mol. The second-order valence-electron chi connectivity index (χ2n) is 5.09. The van der Waals surface area contributed by atoms with E-state index in [1.165, 1.54) is 6.20 Å². The first-order chi connectivity index (χ1) is 9.16. The Bertz CT molecular complexity index is 536. The summed E-state index contributed by atoms with van der Waals surface area (Å²) in [5.74, 6) is -1.59. The van der Waals surface area contributed by atoms with Gasteiger partial charge in [0.15, 0.2) is 5.15 Å². The number of aliphatic carboxylic acids is 1. The Labute approximate surface area is 130 Å². The zero-order chi connectivity index (χ0) is 15.5. The first-order valence-corrected chi connectivity index (χ1v) is 7.18. The molecule has 1 aromatic heterocycles. The zero-order valence-electron chi connectivity index (χ0n) is 11.4. The van der Waals surface area contributed by atoms with E-state index in [2.05, 4.69) is 26.2 Å². The summed E-state index contributed by atoms with van der Waals surface area (Å²) in [7, 11) is 0. The van der Waals surface area contributed by atoms with Gasteiger partial charge < -0.3 is 10.4 Å². The van der Waals surface area contributed by atoms with Crippen LogP contribution in [0.3, 0.4) is 0 Å². The van der Waals surface area contributed by atoms with Crippen molar-refractivity contribution in [2.45, 2.75) is 27.2 Å². The van der Waals surface area contributed by atoms with Gasteiger partial charge in [0.05, 0.1) is 11.1 Å². The molecule has 1 unspecified atom stereocenters. The first kappa shape index (κ1) is 16.9. The summed E-state index contributed by atoms with van der Waals surface area (Å²) in [4.78, 5) is 27.3. The van der Waals surface area contributed by atoms with Crippen LogP contribution in [-0.2, 0) is 9.59 Å². The number of carboxylic acids is 1. The molecular formula is C13H16BrClN2O3. The molecule has 0 bridgehead atoms. The smallest absolute Gasteiger partial charge is 0.310 e. The van der Waals surface area contributed by atoms with Crippen LogP contribution in [0.15, 0.2) is 16.7 Å². The molecule has 1 heterocycles. The van der Waals surface area contributed by atoms with Crippen molar-refractivity contribution < 1.29 is 14.7 Å². The van der Waals surface area contributed by atoms with Gasteiger partial charge in [-0.1, -0.05) is 25.4 Å². The summed E-state index contributed by atoms with van der Waals surface area (Å²) in [6.45, 7) is 5.10. The van der Waals surface area contributed by atoms with E-state index < -0.39 is 17.3 Å². The summed E-state index contributed by atoms with van der Waals surface area (Å²) < 4.78 is 0.669. The molecule has 0 aliphatic heterocycles. The first-order valence-electron chi connectivity index (χ1n) is 6.01. The topological polar surface area (TPSA) is 79.3 Å². The third-order valence-corrected chi connectivity index (χ3v) is 4.11. The summed E-state index contributed by atoms with van der Waals surface area (Å²) in [5.41, 5.74) is -0.779. The van der Waals surface area contributed by atoms with E-state index in [1.54, 1.807) is 26.8 Å². The van der Waals surface area contributed by atoms with Gasteiger partial charge in [0.25, 0.3) is 0 Å². The van der Waals surface area contributed by atoms with Crippen LogP contribution in [0.2, 0.25) is 5.15 Å². The molecule has 1 aromatic rings. The zero-order valence-corrected chi connectivity index (χ0v) is 13.7. The molecule has 110 valence electrons. The maximum Gasteiger partial charge on any atom is 0.310 e. The average molecular weight is 364 g/mol. The molecule has 20 heavy (non-hydrogen) atoms. The number of amides is 1. The van der Waals surface area contributed by atoms with Gasteiger partial charge >= 0.3 is 5.97 Å². The molecule has 2 N–H and O–H groups in total. The van der Waals surface area contributed by atoms with Crippen LogP contribution in [0, 0.1) is 11.3 Å². The van der Waals surface area contributed by atoms with Gasteiger partial charge in [0, 0.05) is 17.1 Å². The molecule has 0 saturated heterocycles. The number of aromatic nitrogens is 1. The molecule has 1 atom stereocenters. The minimum atomic E-state index is -1.13. The van der Waals surface area contributed by atoms with Gasteiger partial charge in [-0.05, 0) is 34.8 Å². The Kier molecular flexibility index (Phi) is 5.53. The monoisotopic (exact) mass is 362 g/mol. The van der Waals surface area contributed by atoms with Gasteiger partial charge in [-0.25, -0.2) is 4.98 Å². The van der Waals surface area contributed by atoms with E-state index in [9.17, 15) is 14.7 Å². The number of carboxylic acid groups (broad SMARTS) is 1. The molecule has 0 aliphatic carbocycles. The molecular weight excluding hydrogens is 348 g/mol. The van der Waals surface area contributed by atoms with E-state index >= 15 is 0 Å². The molecule has 1 rings (SSSR count). The lowest BCUT2D eigenvalue weighted by Crippen LogP contribution is -2.37. The molecule has 0 fully saturated rings. The average Bonchev–Trinajstić information content (AvgIpc) is 2.33. The van der Waals surface area contributed by atoms with Crippen LogP contribution < -0.4 is 5.32 Å². The highest BCUT2D eigenvalue weighted by molar-refractivity contribution is 9.10. The van der Waals surface area contributed by atoms with Crippen LogP contribution in [0.5, 0.6) is 0 Å². The Morgan fingerprint density at radius 3 is 2.65 bits per heavy atom. The number of anilines is 1. The molecule has 0 aliphatic rings. The largest absolute Gasteiger partial charge is 0.481 e. The van der Waals surface area contributed by atoms with Crippen LogP contribution in [-0.4, -0.2) is 22.0 Å². The summed E-state index contributed by atoms with van der Waals surface area (Å²) in [6.07, 6.45) is 1.37. The minimum Gasteiger partial charge on any atom is -0.481 e. The summed E-state index contributed by atoms with van der Waals surface area (Å²) >= 11 is 9.10. The molecule has 1 amide bonds. The number of carbonyl (C=O) groups is 2. The van der Waals surface area contributed by atoms with Crippen LogP contribution in [0.4, 0.5) is 5.69 Å². The second-order valence-corrected chi connectivity index (χ2v) is 6.37. The van der Waals surface area contributed by atoms with Crippen molar-refractivity contribution in [2.75, 3.05) is 5.32 Å².